The van der Waals surface area contributed by atoms with Crippen LogP contribution < -0.4 is 10.5 Å². The summed E-state index contributed by atoms with van der Waals surface area (Å²) in [4.78, 5) is 4.19. The lowest BCUT2D eigenvalue weighted by Crippen LogP contribution is -2.01. The molecule has 94 valence electrons. The van der Waals surface area contributed by atoms with Gasteiger partial charge >= 0.3 is 0 Å². The summed E-state index contributed by atoms with van der Waals surface area (Å²) < 4.78 is 5.77. The van der Waals surface area contributed by atoms with Crippen LogP contribution in [-0.4, -0.2) is 4.98 Å². The van der Waals surface area contributed by atoms with Crippen LogP contribution in [0.25, 0.3) is 0 Å². The fourth-order valence-corrected chi connectivity index (χ4v) is 1.86. The van der Waals surface area contributed by atoms with Crippen molar-refractivity contribution in [2.75, 3.05) is 0 Å². The molecular formula is C14H15ClN2O. The van der Waals surface area contributed by atoms with Gasteiger partial charge in [0.2, 0.25) is 5.88 Å². The van der Waals surface area contributed by atoms with Gasteiger partial charge in [0.25, 0.3) is 0 Å². The van der Waals surface area contributed by atoms with Crippen LogP contribution in [0, 0.1) is 13.8 Å². The number of aromatic nitrogens is 1. The third kappa shape index (κ3) is 2.63. The number of aryl methyl sites for hydroxylation is 2. The van der Waals surface area contributed by atoms with Gasteiger partial charge in [0, 0.05) is 23.3 Å². The number of nitrogens with zero attached hydrogens (tertiary/aromatic N) is 1. The van der Waals surface area contributed by atoms with E-state index in [2.05, 4.69) is 4.98 Å². The minimum atomic E-state index is 0.398. The van der Waals surface area contributed by atoms with Gasteiger partial charge < -0.3 is 10.5 Å². The molecule has 1 aromatic carbocycles. The fourth-order valence-electron chi connectivity index (χ4n) is 1.75. The number of rotatable bonds is 3. The van der Waals surface area contributed by atoms with Crippen LogP contribution in [0.3, 0.4) is 0 Å². The van der Waals surface area contributed by atoms with Crippen LogP contribution in [0.2, 0.25) is 5.02 Å². The van der Waals surface area contributed by atoms with E-state index in [0.29, 0.717) is 12.4 Å². The summed E-state index contributed by atoms with van der Waals surface area (Å²) in [5.74, 6) is 1.27. The van der Waals surface area contributed by atoms with Crippen LogP contribution in [0.5, 0.6) is 11.6 Å². The maximum Gasteiger partial charge on any atom is 0.223 e. The smallest absolute Gasteiger partial charge is 0.223 e. The fraction of sp³-hybridized carbons (Fsp3) is 0.214. The van der Waals surface area contributed by atoms with Gasteiger partial charge in [-0.3, -0.25) is 0 Å². The normalized spacial score (nSPS) is 10.4. The molecule has 3 nitrogen and oxygen atoms in total. The Hall–Kier alpha value is -1.58. The molecule has 4 heteroatoms. The highest BCUT2D eigenvalue weighted by Gasteiger charge is 2.07. The first-order chi connectivity index (χ1) is 8.61. The number of pyridine rings is 1. The molecule has 0 atom stereocenters. The van der Waals surface area contributed by atoms with E-state index in [1.165, 1.54) is 0 Å². The third-order valence-electron chi connectivity index (χ3n) is 2.69. The number of nitrogens with two attached hydrogens (primary N) is 1. The second-order valence-corrected chi connectivity index (χ2v) is 4.52. The molecule has 1 aromatic heterocycles. The van der Waals surface area contributed by atoms with Crippen molar-refractivity contribution in [3.8, 4) is 11.6 Å². The number of ether oxygens (including phenoxy) is 1. The first kappa shape index (κ1) is 12.9. The van der Waals surface area contributed by atoms with Crippen molar-refractivity contribution in [2.24, 2.45) is 5.73 Å². The number of hydrogen-bond donors (Lipinski definition) is 1. The minimum absolute atomic E-state index is 0.398. The Balaban J connectivity index is 2.34. The van der Waals surface area contributed by atoms with Crippen molar-refractivity contribution in [3.63, 3.8) is 0 Å². The quantitative estimate of drug-likeness (QED) is 0.919. The van der Waals surface area contributed by atoms with Crippen LogP contribution in [0.15, 0.2) is 30.5 Å². The molecule has 1 heterocycles. The predicted octanol–water partition coefficient (Wildman–Crippen LogP) is 3.60. The van der Waals surface area contributed by atoms with Gasteiger partial charge in [-0.25, -0.2) is 4.98 Å². The zero-order chi connectivity index (χ0) is 13.1. The lowest BCUT2D eigenvalue weighted by molar-refractivity contribution is 0.455. The molecule has 0 aliphatic rings. The molecule has 0 aliphatic carbocycles. The molecule has 0 saturated carbocycles. The van der Waals surface area contributed by atoms with Crippen LogP contribution in [-0.2, 0) is 6.54 Å². The predicted molar refractivity (Wildman–Crippen MR) is 73.1 cm³/mol. The van der Waals surface area contributed by atoms with Crippen molar-refractivity contribution in [3.05, 3.63) is 52.2 Å². The average Bonchev–Trinajstić information content (AvgIpc) is 2.36. The minimum Gasteiger partial charge on any atom is -0.439 e. The maximum absolute atomic E-state index is 6.12. The molecule has 18 heavy (non-hydrogen) atoms. The Morgan fingerprint density at radius 1 is 1.28 bits per heavy atom. The second-order valence-electron chi connectivity index (χ2n) is 4.14. The summed E-state index contributed by atoms with van der Waals surface area (Å²) in [6.45, 7) is 4.30. The lowest BCUT2D eigenvalue weighted by Gasteiger charge is -2.11. The van der Waals surface area contributed by atoms with Crippen LogP contribution in [0.4, 0.5) is 0 Å². The van der Waals surface area contributed by atoms with Gasteiger partial charge in [-0.2, -0.15) is 0 Å². The van der Waals surface area contributed by atoms with E-state index in [1.807, 2.05) is 38.1 Å². The van der Waals surface area contributed by atoms with E-state index in [1.54, 1.807) is 6.20 Å². The van der Waals surface area contributed by atoms with E-state index < -0.39 is 0 Å². The Labute approximate surface area is 112 Å². The van der Waals surface area contributed by atoms with Gasteiger partial charge in [0.1, 0.15) is 5.75 Å². The molecule has 0 bridgehead atoms. The topological polar surface area (TPSA) is 48.1 Å². The Morgan fingerprint density at radius 2 is 1.94 bits per heavy atom. The highest BCUT2D eigenvalue weighted by Crippen LogP contribution is 2.29. The van der Waals surface area contributed by atoms with E-state index in [-0.39, 0.29) is 0 Å². The van der Waals surface area contributed by atoms with Gasteiger partial charge in [-0.15, -0.1) is 0 Å². The first-order valence-electron chi connectivity index (χ1n) is 5.70. The molecule has 0 fully saturated rings. The highest BCUT2D eigenvalue weighted by atomic mass is 35.5. The van der Waals surface area contributed by atoms with E-state index >= 15 is 0 Å². The summed E-state index contributed by atoms with van der Waals surface area (Å²) >= 11 is 6.12. The SMILES string of the molecule is Cc1cc(Oc2ncccc2CN)cc(C)c1Cl. The molecule has 0 amide bonds. The van der Waals surface area contributed by atoms with Crippen molar-refractivity contribution >= 4 is 11.6 Å². The molecule has 0 radical (unpaired) electrons. The van der Waals surface area contributed by atoms with Gasteiger partial charge in [0.15, 0.2) is 0 Å². The number of halogens is 1. The van der Waals surface area contributed by atoms with Gasteiger partial charge in [-0.1, -0.05) is 17.7 Å². The maximum atomic E-state index is 6.12. The Bertz CT molecular complexity index is 546. The van der Waals surface area contributed by atoms with Gasteiger partial charge in [-0.05, 0) is 43.2 Å². The number of benzene rings is 1. The van der Waals surface area contributed by atoms with E-state index in [0.717, 1.165) is 27.5 Å². The van der Waals surface area contributed by atoms with Gasteiger partial charge in [0.05, 0.1) is 0 Å². The third-order valence-corrected chi connectivity index (χ3v) is 3.29. The largest absolute Gasteiger partial charge is 0.439 e. The first-order valence-corrected chi connectivity index (χ1v) is 6.08. The summed E-state index contributed by atoms with van der Waals surface area (Å²) in [7, 11) is 0. The zero-order valence-corrected chi connectivity index (χ0v) is 11.2. The number of hydrogen-bond acceptors (Lipinski definition) is 3. The van der Waals surface area contributed by atoms with Crippen molar-refractivity contribution < 1.29 is 4.74 Å². The summed E-state index contributed by atoms with van der Waals surface area (Å²) in [5.41, 5.74) is 8.49. The zero-order valence-electron chi connectivity index (χ0n) is 10.4. The Kier molecular flexibility index (Phi) is 3.84. The molecule has 2 aromatic rings. The molecule has 0 unspecified atom stereocenters. The molecule has 2 N–H and O–H groups in total. The summed E-state index contributed by atoms with van der Waals surface area (Å²) in [6, 6.07) is 7.53. The van der Waals surface area contributed by atoms with E-state index in [4.69, 9.17) is 22.1 Å². The lowest BCUT2D eigenvalue weighted by atomic mass is 10.1. The highest BCUT2D eigenvalue weighted by molar-refractivity contribution is 6.32. The molecule has 0 spiro atoms. The monoisotopic (exact) mass is 262 g/mol. The molecular weight excluding hydrogens is 248 g/mol. The average molecular weight is 263 g/mol. The summed E-state index contributed by atoms with van der Waals surface area (Å²) in [6.07, 6.45) is 1.68. The molecule has 2 rings (SSSR count). The second kappa shape index (κ2) is 5.38. The molecule has 0 saturated heterocycles. The van der Waals surface area contributed by atoms with E-state index in [9.17, 15) is 0 Å². The Morgan fingerprint density at radius 3 is 2.56 bits per heavy atom. The summed E-state index contributed by atoms with van der Waals surface area (Å²) in [5, 5.41) is 0.766. The standard InChI is InChI=1S/C14H15ClN2O/c1-9-6-12(7-10(2)13(9)15)18-14-11(8-16)4-3-5-17-14/h3-7H,8,16H2,1-2H3. The van der Waals surface area contributed by atoms with Crippen LogP contribution >= 0.6 is 11.6 Å². The molecule has 0 aliphatic heterocycles. The van der Waals surface area contributed by atoms with Crippen molar-refractivity contribution in [1.29, 1.82) is 0 Å². The van der Waals surface area contributed by atoms with Crippen LogP contribution in [0.1, 0.15) is 16.7 Å². The van der Waals surface area contributed by atoms with Crippen molar-refractivity contribution in [1.82, 2.24) is 4.98 Å². The van der Waals surface area contributed by atoms with Crippen molar-refractivity contribution in [2.45, 2.75) is 20.4 Å².